The third kappa shape index (κ3) is 3.26. The van der Waals surface area contributed by atoms with E-state index < -0.39 is 20.6 Å². The number of nitro groups is 1. The fourth-order valence-corrected chi connectivity index (χ4v) is 4.63. The molecular weight excluding hydrogens is 340 g/mol. The van der Waals surface area contributed by atoms with Crippen molar-refractivity contribution >= 4 is 38.6 Å². The summed E-state index contributed by atoms with van der Waals surface area (Å²) < 4.78 is 30.7. The van der Waals surface area contributed by atoms with Crippen molar-refractivity contribution in [2.75, 3.05) is 7.05 Å². The highest BCUT2D eigenvalue weighted by molar-refractivity contribution is 7.91. The first-order valence-electron chi connectivity index (χ1n) is 5.67. The normalized spacial score (nSPS) is 12.0. The van der Waals surface area contributed by atoms with Gasteiger partial charge in [0.1, 0.15) is 15.7 Å². The molecule has 0 aliphatic rings. The third-order valence-corrected chi connectivity index (χ3v) is 6.27. The van der Waals surface area contributed by atoms with Gasteiger partial charge in [-0.3, -0.25) is 10.1 Å². The van der Waals surface area contributed by atoms with E-state index in [1.807, 2.05) is 0 Å². The molecule has 2 heterocycles. The average Bonchev–Trinajstić information content (AvgIpc) is 2.95. The first-order valence-corrected chi connectivity index (χ1v) is 8.30. The van der Waals surface area contributed by atoms with Gasteiger partial charge in [0.2, 0.25) is 0 Å². The molecule has 0 spiro atoms. The Balaban J connectivity index is 2.28. The van der Waals surface area contributed by atoms with Gasteiger partial charge in [-0.2, -0.15) is 4.31 Å². The van der Waals surface area contributed by atoms with E-state index in [-0.39, 0.29) is 15.1 Å². The number of hydrogen-bond donors (Lipinski definition) is 0. The molecule has 0 saturated carbocycles. The fraction of sp³-hybridized carbons (Fsp3) is 0.273. The van der Waals surface area contributed by atoms with Crippen LogP contribution in [0.5, 0.6) is 0 Å². The van der Waals surface area contributed by atoms with Crippen molar-refractivity contribution in [1.29, 1.82) is 0 Å². The van der Waals surface area contributed by atoms with Crippen molar-refractivity contribution in [3.8, 4) is 0 Å². The molecule has 0 saturated heterocycles. The standard InChI is InChI=1S/C11H11ClN2O5S2/c1-7-3-4-8(19-7)6-13(2)21(17,18)10-5-9(14(15)16)11(12)20-10/h3-5H,6H2,1-2H3. The van der Waals surface area contributed by atoms with Crippen LogP contribution in [-0.2, 0) is 16.6 Å². The maximum Gasteiger partial charge on any atom is 0.300 e. The van der Waals surface area contributed by atoms with Crippen molar-refractivity contribution in [3.05, 3.63) is 44.2 Å². The van der Waals surface area contributed by atoms with Crippen molar-refractivity contribution in [3.63, 3.8) is 0 Å². The van der Waals surface area contributed by atoms with E-state index in [0.717, 1.165) is 10.4 Å². The monoisotopic (exact) mass is 350 g/mol. The maximum absolute atomic E-state index is 12.3. The summed E-state index contributed by atoms with van der Waals surface area (Å²) in [6.07, 6.45) is 0. The Labute approximate surface area is 129 Å². The minimum Gasteiger partial charge on any atom is -0.465 e. The van der Waals surface area contributed by atoms with Crippen LogP contribution < -0.4 is 0 Å². The van der Waals surface area contributed by atoms with Gasteiger partial charge in [-0.25, -0.2) is 8.42 Å². The SMILES string of the molecule is Cc1ccc(CN(C)S(=O)(=O)c2cc([N+](=O)[O-])c(Cl)s2)o1. The lowest BCUT2D eigenvalue weighted by Crippen LogP contribution is -2.25. The van der Waals surface area contributed by atoms with Gasteiger partial charge in [-0.15, -0.1) is 11.3 Å². The molecule has 114 valence electrons. The molecule has 0 aliphatic heterocycles. The second-order valence-electron chi connectivity index (χ2n) is 4.25. The van der Waals surface area contributed by atoms with Crippen LogP contribution in [0, 0.1) is 17.0 Å². The molecule has 0 aliphatic carbocycles. The minimum atomic E-state index is -3.86. The third-order valence-electron chi connectivity index (χ3n) is 2.68. The Kier molecular flexibility index (Phi) is 4.38. The predicted molar refractivity (Wildman–Crippen MR) is 78.1 cm³/mol. The molecule has 0 bridgehead atoms. The Hall–Kier alpha value is -1.42. The van der Waals surface area contributed by atoms with Gasteiger partial charge < -0.3 is 4.42 Å². The van der Waals surface area contributed by atoms with Crippen molar-refractivity contribution in [2.24, 2.45) is 0 Å². The smallest absolute Gasteiger partial charge is 0.300 e. The second kappa shape index (κ2) is 5.76. The van der Waals surface area contributed by atoms with Crippen LogP contribution in [0.2, 0.25) is 4.34 Å². The summed E-state index contributed by atoms with van der Waals surface area (Å²) in [5.74, 6) is 1.15. The van der Waals surface area contributed by atoms with Crippen molar-refractivity contribution in [2.45, 2.75) is 17.7 Å². The van der Waals surface area contributed by atoms with Crippen LogP contribution in [0.4, 0.5) is 5.69 Å². The number of rotatable bonds is 5. The van der Waals surface area contributed by atoms with E-state index in [9.17, 15) is 18.5 Å². The highest BCUT2D eigenvalue weighted by Gasteiger charge is 2.29. The number of sulfonamides is 1. The minimum absolute atomic E-state index is 0.0273. The molecule has 10 heteroatoms. The van der Waals surface area contributed by atoms with Gasteiger partial charge in [-0.1, -0.05) is 11.6 Å². The molecule has 7 nitrogen and oxygen atoms in total. The fourth-order valence-electron chi connectivity index (χ4n) is 1.62. The average molecular weight is 351 g/mol. The number of furan rings is 1. The first-order chi connectivity index (χ1) is 9.71. The Morgan fingerprint density at radius 2 is 2.14 bits per heavy atom. The zero-order valence-electron chi connectivity index (χ0n) is 11.1. The van der Waals surface area contributed by atoms with Crippen LogP contribution in [-0.4, -0.2) is 24.7 Å². The molecule has 2 aromatic heterocycles. The largest absolute Gasteiger partial charge is 0.465 e. The lowest BCUT2D eigenvalue weighted by Gasteiger charge is -2.14. The van der Waals surface area contributed by atoms with Gasteiger partial charge in [0.15, 0.2) is 4.34 Å². The lowest BCUT2D eigenvalue weighted by atomic mass is 10.4. The summed E-state index contributed by atoms with van der Waals surface area (Å²) in [6.45, 7) is 1.78. The predicted octanol–water partition coefficient (Wildman–Crippen LogP) is 3.03. The van der Waals surface area contributed by atoms with Crippen LogP contribution in [0.3, 0.4) is 0 Å². The highest BCUT2D eigenvalue weighted by Crippen LogP contribution is 2.37. The highest BCUT2D eigenvalue weighted by atomic mass is 35.5. The summed E-state index contributed by atoms with van der Waals surface area (Å²) in [5.41, 5.74) is -0.414. The molecule has 0 unspecified atom stereocenters. The van der Waals surface area contributed by atoms with Crippen LogP contribution >= 0.6 is 22.9 Å². The molecule has 2 rings (SSSR count). The maximum atomic E-state index is 12.3. The van der Waals surface area contributed by atoms with Crippen LogP contribution in [0.25, 0.3) is 0 Å². The Morgan fingerprint density at radius 1 is 1.48 bits per heavy atom. The van der Waals surface area contributed by atoms with Gasteiger partial charge in [-0.05, 0) is 19.1 Å². The Morgan fingerprint density at radius 3 is 2.62 bits per heavy atom. The molecular formula is C11H11ClN2O5S2. The number of hydrogen-bond acceptors (Lipinski definition) is 6. The Bertz CT molecular complexity index is 780. The zero-order chi connectivity index (χ0) is 15.8. The molecule has 0 N–H and O–H groups in total. The molecule has 2 aromatic rings. The van der Waals surface area contributed by atoms with Gasteiger partial charge >= 0.3 is 0 Å². The van der Waals surface area contributed by atoms with Gasteiger partial charge in [0, 0.05) is 13.1 Å². The van der Waals surface area contributed by atoms with E-state index in [1.54, 1.807) is 19.1 Å². The molecule has 0 amide bonds. The van der Waals surface area contributed by atoms with E-state index in [2.05, 4.69) is 0 Å². The summed E-state index contributed by atoms with van der Waals surface area (Å²) in [7, 11) is -2.49. The molecule has 0 aromatic carbocycles. The number of aryl methyl sites for hydroxylation is 1. The number of halogens is 1. The molecule has 0 atom stereocenters. The summed E-state index contributed by atoms with van der Waals surface area (Å²) >= 11 is 6.35. The van der Waals surface area contributed by atoms with E-state index in [1.165, 1.54) is 7.05 Å². The molecule has 0 radical (unpaired) electrons. The number of nitrogens with zero attached hydrogens (tertiary/aromatic N) is 2. The summed E-state index contributed by atoms with van der Waals surface area (Å²) in [5, 5.41) is 10.7. The summed E-state index contributed by atoms with van der Waals surface area (Å²) in [4.78, 5) is 10.0. The molecule has 0 fully saturated rings. The lowest BCUT2D eigenvalue weighted by molar-refractivity contribution is -0.384. The van der Waals surface area contributed by atoms with Gasteiger partial charge in [0.05, 0.1) is 11.5 Å². The van der Waals surface area contributed by atoms with Crippen molar-refractivity contribution in [1.82, 2.24) is 4.31 Å². The first kappa shape index (κ1) is 16.0. The van der Waals surface area contributed by atoms with Crippen LogP contribution in [0.15, 0.2) is 26.8 Å². The molecule has 21 heavy (non-hydrogen) atoms. The van der Waals surface area contributed by atoms with Crippen LogP contribution in [0.1, 0.15) is 11.5 Å². The second-order valence-corrected chi connectivity index (χ2v) is 8.18. The van der Waals surface area contributed by atoms with Crippen molar-refractivity contribution < 1.29 is 17.8 Å². The van der Waals surface area contributed by atoms with Gasteiger partial charge in [0.25, 0.3) is 15.7 Å². The topological polar surface area (TPSA) is 93.7 Å². The zero-order valence-corrected chi connectivity index (χ0v) is 13.5. The summed E-state index contributed by atoms with van der Waals surface area (Å²) in [6, 6.07) is 4.36. The van der Waals surface area contributed by atoms with E-state index in [4.69, 9.17) is 16.0 Å². The van der Waals surface area contributed by atoms with E-state index in [0.29, 0.717) is 22.9 Å². The number of thiophene rings is 1. The van der Waals surface area contributed by atoms with E-state index >= 15 is 0 Å². The quantitative estimate of drug-likeness (QED) is 0.610.